The molecule has 0 saturated heterocycles. The third kappa shape index (κ3) is 3.58. The molecular weight excluding hydrogens is 285 g/mol. The molecule has 0 radical (unpaired) electrons. The van der Waals surface area contributed by atoms with Crippen LogP contribution in [0.3, 0.4) is 0 Å². The van der Waals surface area contributed by atoms with E-state index < -0.39 is 0 Å². The van der Waals surface area contributed by atoms with Gasteiger partial charge in [-0.3, -0.25) is 0 Å². The summed E-state index contributed by atoms with van der Waals surface area (Å²) in [6.07, 6.45) is 0. The van der Waals surface area contributed by atoms with E-state index in [4.69, 9.17) is 23.2 Å². The van der Waals surface area contributed by atoms with Gasteiger partial charge in [0, 0.05) is 21.5 Å². The van der Waals surface area contributed by atoms with Crippen molar-refractivity contribution in [1.29, 1.82) is 0 Å². The minimum atomic E-state index is 0.504. The molecule has 2 rings (SSSR count). The van der Waals surface area contributed by atoms with Crippen LogP contribution < -0.4 is 4.72 Å². The predicted octanol–water partition coefficient (Wildman–Crippen LogP) is 5.51. The molecule has 0 aliphatic carbocycles. The number of anilines is 1. The Bertz CT molecular complexity index is 526. The van der Waals surface area contributed by atoms with Gasteiger partial charge in [-0.05, 0) is 60.3 Å². The van der Waals surface area contributed by atoms with Crippen molar-refractivity contribution in [2.45, 2.75) is 17.7 Å². The second-order valence-corrected chi connectivity index (χ2v) is 5.54. The smallest absolute Gasteiger partial charge is 0.0494 e. The van der Waals surface area contributed by atoms with Crippen molar-refractivity contribution in [1.82, 2.24) is 0 Å². The minimum absolute atomic E-state index is 0.504. The Morgan fingerprint density at radius 3 is 2.50 bits per heavy atom. The largest absolute Gasteiger partial charge is 0.325 e. The zero-order chi connectivity index (χ0) is 13.0. The van der Waals surface area contributed by atoms with Gasteiger partial charge in [0.1, 0.15) is 0 Å². The Kier molecular flexibility index (Phi) is 4.81. The SMILES string of the molecule is Cc1ccc(CCl)c(NSc2ccc(Cl)cc2)c1. The summed E-state index contributed by atoms with van der Waals surface area (Å²) < 4.78 is 3.33. The summed E-state index contributed by atoms with van der Waals surface area (Å²) >= 11 is 13.3. The van der Waals surface area contributed by atoms with Gasteiger partial charge in [-0.25, -0.2) is 0 Å². The number of benzene rings is 2. The number of hydrogen-bond acceptors (Lipinski definition) is 2. The molecule has 0 heterocycles. The van der Waals surface area contributed by atoms with Gasteiger partial charge in [0.25, 0.3) is 0 Å². The van der Waals surface area contributed by atoms with E-state index in [1.165, 1.54) is 5.56 Å². The summed E-state index contributed by atoms with van der Waals surface area (Å²) in [4.78, 5) is 1.11. The van der Waals surface area contributed by atoms with Crippen molar-refractivity contribution in [2.75, 3.05) is 4.72 Å². The van der Waals surface area contributed by atoms with Crippen LogP contribution in [0.15, 0.2) is 47.4 Å². The number of hydrogen-bond donors (Lipinski definition) is 1. The monoisotopic (exact) mass is 297 g/mol. The van der Waals surface area contributed by atoms with Crippen LogP contribution >= 0.6 is 35.1 Å². The van der Waals surface area contributed by atoms with Crippen molar-refractivity contribution in [3.63, 3.8) is 0 Å². The van der Waals surface area contributed by atoms with Crippen LogP contribution in [0, 0.1) is 6.92 Å². The molecular formula is C14H13Cl2NS. The Labute approximate surface area is 122 Å². The van der Waals surface area contributed by atoms with Gasteiger partial charge in [-0.2, -0.15) is 0 Å². The van der Waals surface area contributed by atoms with Crippen LogP contribution in [-0.2, 0) is 5.88 Å². The summed E-state index contributed by atoms with van der Waals surface area (Å²) in [5.74, 6) is 0.504. The molecule has 0 aliphatic rings. The Morgan fingerprint density at radius 2 is 1.83 bits per heavy atom. The average Bonchev–Trinajstić information content (AvgIpc) is 2.38. The van der Waals surface area contributed by atoms with E-state index in [-0.39, 0.29) is 0 Å². The molecule has 0 bridgehead atoms. The first-order chi connectivity index (χ1) is 8.69. The van der Waals surface area contributed by atoms with Crippen LogP contribution in [0.1, 0.15) is 11.1 Å². The average molecular weight is 298 g/mol. The summed E-state index contributed by atoms with van der Waals surface area (Å²) in [5, 5.41) is 0.747. The normalized spacial score (nSPS) is 10.4. The minimum Gasteiger partial charge on any atom is -0.325 e. The maximum atomic E-state index is 5.92. The molecule has 0 spiro atoms. The van der Waals surface area contributed by atoms with E-state index in [0.717, 1.165) is 21.2 Å². The third-order valence-electron chi connectivity index (χ3n) is 2.50. The van der Waals surface area contributed by atoms with E-state index in [2.05, 4.69) is 23.8 Å². The van der Waals surface area contributed by atoms with Gasteiger partial charge < -0.3 is 4.72 Å². The molecule has 0 saturated carbocycles. The lowest BCUT2D eigenvalue weighted by Gasteiger charge is -2.10. The van der Waals surface area contributed by atoms with E-state index in [0.29, 0.717) is 5.88 Å². The van der Waals surface area contributed by atoms with Crippen molar-refractivity contribution in [3.8, 4) is 0 Å². The molecule has 0 unspecified atom stereocenters. The molecule has 4 heteroatoms. The number of rotatable bonds is 4. The molecule has 2 aromatic carbocycles. The number of halogens is 2. The molecule has 94 valence electrons. The zero-order valence-corrected chi connectivity index (χ0v) is 12.2. The lowest BCUT2D eigenvalue weighted by molar-refractivity contribution is 1.36. The van der Waals surface area contributed by atoms with Crippen LogP contribution in [0.2, 0.25) is 5.02 Å². The van der Waals surface area contributed by atoms with Crippen LogP contribution in [0.4, 0.5) is 5.69 Å². The molecule has 2 aromatic rings. The molecule has 18 heavy (non-hydrogen) atoms. The van der Waals surface area contributed by atoms with E-state index in [1.54, 1.807) is 11.9 Å². The van der Waals surface area contributed by atoms with Gasteiger partial charge >= 0.3 is 0 Å². The molecule has 0 atom stereocenters. The van der Waals surface area contributed by atoms with Gasteiger partial charge in [0.15, 0.2) is 0 Å². The maximum Gasteiger partial charge on any atom is 0.0494 e. The number of nitrogens with one attached hydrogen (secondary N) is 1. The highest BCUT2D eigenvalue weighted by Gasteiger charge is 2.02. The fraction of sp³-hybridized carbons (Fsp3) is 0.143. The first-order valence-corrected chi connectivity index (χ1v) is 7.26. The lowest BCUT2D eigenvalue weighted by atomic mass is 10.1. The van der Waals surface area contributed by atoms with Crippen molar-refractivity contribution in [2.24, 2.45) is 0 Å². The van der Waals surface area contributed by atoms with Crippen molar-refractivity contribution in [3.05, 3.63) is 58.6 Å². The highest BCUT2D eigenvalue weighted by Crippen LogP contribution is 2.26. The maximum absolute atomic E-state index is 5.92. The Balaban J connectivity index is 2.09. The zero-order valence-electron chi connectivity index (χ0n) is 9.91. The van der Waals surface area contributed by atoms with Crippen LogP contribution in [-0.4, -0.2) is 0 Å². The first-order valence-electron chi connectivity index (χ1n) is 5.53. The standard InChI is InChI=1S/C14H13Cl2NS/c1-10-2-3-11(9-15)14(8-10)17-18-13-6-4-12(16)5-7-13/h2-8,17H,9H2,1H3. The number of aryl methyl sites for hydroxylation is 1. The molecule has 0 aromatic heterocycles. The molecule has 0 fully saturated rings. The summed E-state index contributed by atoms with van der Waals surface area (Å²) in [5.41, 5.74) is 3.37. The third-order valence-corrected chi connectivity index (χ3v) is 3.87. The highest BCUT2D eigenvalue weighted by atomic mass is 35.5. The fourth-order valence-electron chi connectivity index (χ4n) is 1.52. The van der Waals surface area contributed by atoms with E-state index in [1.807, 2.05) is 30.3 Å². The summed E-state index contributed by atoms with van der Waals surface area (Å²) in [7, 11) is 0. The second kappa shape index (κ2) is 6.37. The molecule has 1 N–H and O–H groups in total. The van der Waals surface area contributed by atoms with Crippen molar-refractivity contribution < 1.29 is 0 Å². The van der Waals surface area contributed by atoms with Gasteiger partial charge in [0.2, 0.25) is 0 Å². The molecule has 1 nitrogen and oxygen atoms in total. The predicted molar refractivity (Wildman–Crippen MR) is 81.7 cm³/mol. The van der Waals surface area contributed by atoms with Gasteiger partial charge in [-0.15, -0.1) is 11.6 Å². The van der Waals surface area contributed by atoms with E-state index >= 15 is 0 Å². The Hall–Kier alpha value is -0.830. The molecule has 0 amide bonds. The van der Waals surface area contributed by atoms with Gasteiger partial charge in [-0.1, -0.05) is 23.7 Å². The fourth-order valence-corrected chi connectivity index (χ4v) is 2.57. The summed E-state index contributed by atoms with van der Waals surface area (Å²) in [6.45, 7) is 2.07. The topological polar surface area (TPSA) is 12.0 Å². The molecule has 0 aliphatic heterocycles. The van der Waals surface area contributed by atoms with E-state index in [9.17, 15) is 0 Å². The lowest BCUT2D eigenvalue weighted by Crippen LogP contribution is -1.92. The highest BCUT2D eigenvalue weighted by molar-refractivity contribution is 8.00. The first kappa shape index (κ1) is 13.6. The quantitative estimate of drug-likeness (QED) is 0.590. The van der Waals surface area contributed by atoms with Gasteiger partial charge in [0.05, 0.1) is 0 Å². The van der Waals surface area contributed by atoms with Crippen LogP contribution in [0.25, 0.3) is 0 Å². The van der Waals surface area contributed by atoms with Crippen LogP contribution in [0.5, 0.6) is 0 Å². The summed E-state index contributed by atoms with van der Waals surface area (Å²) in [6, 6.07) is 13.9. The Morgan fingerprint density at radius 1 is 1.11 bits per heavy atom. The van der Waals surface area contributed by atoms with Crippen molar-refractivity contribution >= 4 is 40.8 Å². The number of alkyl halides is 1. The second-order valence-electron chi connectivity index (χ2n) is 3.95.